The van der Waals surface area contributed by atoms with Gasteiger partial charge in [-0.3, -0.25) is 4.79 Å². The Kier molecular flexibility index (Phi) is 3.71. The molecule has 0 aromatic heterocycles. The minimum absolute atomic E-state index is 0.0839. The van der Waals surface area contributed by atoms with Crippen molar-refractivity contribution in [2.45, 2.75) is 12.7 Å². The van der Waals surface area contributed by atoms with Crippen molar-refractivity contribution in [1.29, 1.82) is 0 Å². The number of rotatable bonds is 4. The summed E-state index contributed by atoms with van der Waals surface area (Å²) < 4.78 is 34.9. The summed E-state index contributed by atoms with van der Waals surface area (Å²) in [5, 5.41) is 0. The van der Waals surface area contributed by atoms with Crippen molar-refractivity contribution >= 4 is 21.7 Å². The maximum absolute atomic E-state index is 12.8. The fourth-order valence-electron chi connectivity index (χ4n) is 1.49. The fraction of sp³-hybridized carbons (Fsp3) is 0.154. The largest absolute Gasteiger partial charge is 0.586 e. The van der Waals surface area contributed by atoms with Crippen LogP contribution < -0.4 is 9.47 Å². The van der Waals surface area contributed by atoms with Crippen LogP contribution in [-0.2, 0) is 0 Å². The lowest BCUT2D eigenvalue weighted by Gasteiger charge is -2.04. The number of fused-ring (bicyclic) bond motifs is 1. The van der Waals surface area contributed by atoms with Crippen LogP contribution in [0.15, 0.2) is 41.4 Å². The molecule has 0 saturated heterocycles. The molecule has 100 valence electrons. The second kappa shape index (κ2) is 5.13. The highest BCUT2D eigenvalue weighted by molar-refractivity contribution is 9.11. The second-order valence-electron chi connectivity index (χ2n) is 3.82. The lowest BCUT2D eigenvalue weighted by Crippen LogP contribution is -2.25. The standard InChI is InChI=1S/C13H9BrF2O3/c1-8(14)3-2-4-10(17)9-5-6-11-12(7-9)19-13(15,16)18-11/h2,4-7H,1,3H2/b4-2-. The summed E-state index contributed by atoms with van der Waals surface area (Å²) in [6.07, 6.45) is -0.192. The highest BCUT2D eigenvalue weighted by Crippen LogP contribution is 2.41. The molecule has 1 aromatic rings. The van der Waals surface area contributed by atoms with Crippen LogP contribution in [0.2, 0.25) is 0 Å². The van der Waals surface area contributed by atoms with Crippen molar-refractivity contribution < 1.29 is 23.0 Å². The van der Waals surface area contributed by atoms with Gasteiger partial charge in [-0.25, -0.2) is 0 Å². The number of carbonyl (C=O) groups is 1. The molecule has 0 aliphatic carbocycles. The number of ether oxygens (including phenoxy) is 2. The topological polar surface area (TPSA) is 35.5 Å². The number of allylic oxidation sites excluding steroid dienone is 3. The molecule has 0 N–H and O–H groups in total. The summed E-state index contributed by atoms with van der Waals surface area (Å²) in [6, 6.07) is 3.91. The summed E-state index contributed by atoms with van der Waals surface area (Å²) in [6.45, 7) is 3.62. The van der Waals surface area contributed by atoms with Crippen molar-refractivity contribution in [3.63, 3.8) is 0 Å². The number of halogens is 3. The number of hydrogen-bond acceptors (Lipinski definition) is 3. The van der Waals surface area contributed by atoms with Crippen LogP contribution in [0.5, 0.6) is 11.5 Å². The van der Waals surface area contributed by atoms with Gasteiger partial charge in [0.05, 0.1) is 0 Å². The van der Waals surface area contributed by atoms with E-state index in [1.807, 2.05) is 0 Å². The molecule has 0 fully saturated rings. The van der Waals surface area contributed by atoms with Gasteiger partial charge >= 0.3 is 6.29 Å². The van der Waals surface area contributed by atoms with Crippen LogP contribution in [-0.4, -0.2) is 12.1 Å². The molecule has 0 unspecified atom stereocenters. The molecule has 2 rings (SSSR count). The number of benzene rings is 1. The third-order valence-corrected chi connectivity index (χ3v) is 2.62. The van der Waals surface area contributed by atoms with Gasteiger partial charge in [0, 0.05) is 5.56 Å². The highest BCUT2D eigenvalue weighted by Gasteiger charge is 2.43. The SMILES string of the molecule is C=C(Br)C/C=C\C(=O)c1ccc2c(c1)OC(F)(F)O2. The lowest BCUT2D eigenvalue weighted by molar-refractivity contribution is -0.286. The Morgan fingerprint density at radius 3 is 2.74 bits per heavy atom. The van der Waals surface area contributed by atoms with Gasteiger partial charge in [0.25, 0.3) is 0 Å². The molecule has 0 saturated carbocycles. The monoisotopic (exact) mass is 330 g/mol. The van der Waals surface area contributed by atoms with Gasteiger partial charge < -0.3 is 9.47 Å². The Balaban J connectivity index is 2.13. The lowest BCUT2D eigenvalue weighted by atomic mass is 10.1. The highest BCUT2D eigenvalue weighted by atomic mass is 79.9. The van der Waals surface area contributed by atoms with E-state index in [9.17, 15) is 13.6 Å². The van der Waals surface area contributed by atoms with E-state index in [0.717, 1.165) is 4.48 Å². The normalized spacial score (nSPS) is 15.7. The molecule has 19 heavy (non-hydrogen) atoms. The van der Waals surface area contributed by atoms with Crippen molar-refractivity contribution in [3.05, 3.63) is 47.0 Å². The molecular formula is C13H9BrF2O3. The van der Waals surface area contributed by atoms with Gasteiger partial charge in [0.15, 0.2) is 17.3 Å². The number of ketones is 1. The minimum atomic E-state index is -3.67. The number of carbonyl (C=O) groups excluding carboxylic acids is 1. The van der Waals surface area contributed by atoms with Crippen LogP contribution in [0.3, 0.4) is 0 Å². The van der Waals surface area contributed by atoms with Gasteiger partial charge in [-0.15, -0.1) is 8.78 Å². The van der Waals surface area contributed by atoms with Crippen molar-refractivity contribution in [2.75, 3.05) is 0 Å². The molecule has 6 heteroatoms. The average Bonchev–Trinajstić information content (AvgIpc) is 2.60. The first-order chi connectivity index (χ1) is 8.87. The Hall–Kier alpha value is -1.69. The quantitative estimate of drug-likeness (QED) is 0.617. The predicted octanol–water partition coefficient (Wildman–Crippen LogP) is 4.05. The van der Waals surface area contributed by atoms with Crippen LogP contribution in [0.4, 0.5) is 8.78 Å². The van der Waals surface area contributed by atoms with Crippen molar-refractivity contribution in [1.82, 2.24) is 0 Å². The molecule has 0 bridgehead atoms. The number of alkyl halides is 2. The van der Waals surface area contributed by atoms with Gasteiger partial charge in [-0.2, -0.15) is 0 Å². The summed E-state index contributed by atoms with van der Waals surface area (Å²) in [7, 11) is 0. The molecule has 1 heterocycles. The first kappa shape index (κ1) is 13.7. The maximum atomic E-state index is 12.8. The average molecular weight is 331 g/mol. The van der Waals surface area contributed by atoms with Crippen molar-refractivity contribution in [3.8, 4) is 11.5 Å². The van der Waals surface area contributed by atoms with E-state index in [4.69, 9.17) is 0 Å². The zero-order valence-electron chi connectivity index (χ0n) is 9.66. The van der Waals surface area contributed by atoms with Crippen molar-refractivity contribution in [2.24, 2.45) is 0 Å². The molecular weight excluding hydrogens is 322 g/mol. The third-order valence-electron chi connectivity index (χ3n) is 2.29. The zero-order valence-corrected chi connectivity index (χ0v) is 11.2. The molecule has 0 radical (unpaired) electrons. The van der Waals surface area contributed by atoms with E-state index >= 15 is 0 Å². The Morgan fingerprint density at radius 2 is 2.05 bits per heavy atom. The number of hydrogen-bond donors (Lipinski definition) is 0. The van der Waals surface area contributed by atoms with Gasteiger partial charge in [0.2, 0.25) is 0 Å². The van der Waals surface area contributed by atoms with E-state index < -0.39 is 6.29 Å². The summed E-state index contributed by atoms with van der Waals surface area (Å²) in [4.78, 5) is 11.8. The van der Waals surface area contributed by atoms with Gasteiger partial charge in [0.1, 0.15) is 0 Å². The van der Waals surface area contributed by atoms with Crippen LogP contribution in [0, 0.1) is 0 Å². The molecule has 0 atom stereocenters. The Labute approximate surface area is 116 Å². The van der Waals surface area contributed by atoms with Gasteiger partial charge in [-0.1, -0.05) is 28.6 Å². The first-order valence-corrected chi connectivity index (χ1v) is 6.11. The molecule has 1 aliphatic heterocycles. The van der Waals surface area contributed by atoms with E-state index in [2.05, 4.69) is 32.0 Å². The zero-order chi connectivity index (χ0) is 14.0. The third kappa shape index (κ3) is 3.41. The minimum Gasteiger partial charge on any atom is -0.395 e. The molecule has 1 aliphatic rings. The van der Waals surface area contributed by atoms with Crippen LogP contribution in [0.1, 0.15) is 16.8 Å². The summed E-state index contributed by atoms with van der Waals surface area (Å²) in [5.74, 6) is -0.538. The fourth-order valence-corrected chi connectivity index (χ4v) is 1.68. The molecule has 1 aromatic carbocycles. The second-order valence-corrected chi connectivity index (χ2v) is 4.94. The smallest absolute Gasteiger partial charge is 0.395 e. The van der Waals surface area contributed by atoms with Gasteiger partial charge in [-0.05, 0) is 35.2 Å². The summed E-state index contributed by atoms with van der Waals surface area (Å²) >= 11 is 3.16. The van der Waals surface area contributed by atoms with Crippen LogP contribution >= 0.6 is 15.9 Å². The Bertz CT molecular complexity index is 567. The first-order valence-electron chi connectivity index (χ1n) is 5.31. The van der Waals surface area contributed by atoms with E-state index in [1.165, 1.54) is 24.3 Å². The van der Waals surface area contributed by atoms with E-state index in [0.29, 0.717) is 6.42 Å². The Morgan fingerprint density at radius 1 is 1.37 bits per heavy atom. The van der Waals surface area contributed by atoms with E-state index in [-0.39, 0.29) is 22.8 Å². The molecule has 0 amide bonds. The van der Waals surface area contributed by atoms with E-state index in [1.54, 1.807) is 6.08 Å². The predicted molar refractivity (Wildman–Crippen MR) is 68.8 cm³/mol. The molecule has 3 nitrogen and oxygen atoms in total. The van der Waals surface area contributed by atoms with Crippen LogP contribution in [0.25, 0.3) is 0 Å². The maximum Gasteiger partial charge on any atom is 0.586 e. The molecule has 0 spiro atoms. The summed E-state index contributed by atoms with van der Waals surface area (Å²) in [5.41, 5.74) is 0.247.